The van der Waals surface area contributed by atoms with Crippen molar-refractivity contribution in [1.29, 1.82) is 0 Å². The van der Waals surface area contributed by atoms with E-state index in [2.05, 4.69) is 27.6 Å². The van der Waals surface area contributed by atoms with Crippen molar-refractivity contribution in [3.8, 4) is 0 Å². The molecule has 0 saturated carbocycles. The number of anilines is 1. The van der Waals surface area contributed by atoms with Crippen LogP contribution < -0.4 is 10.9 Å². The van der Waals surface area contributed by atoms with E-state index in [1.807, 2.05) is 42.5 Å². The third kappa shape index (κ3) is 5.26. The number of halogens is 1. The molecule has 1 fully saturated rings. The molecule has 0 spiro atoms. The number of hydrazine groups is 1. The van der Waals surface area contributed by atoms with Crippen LogP contribution in [0, 0.1) is 5.82 Å². The maximum absolute atomic E-state index is 14.4. The molecule has 25 heavy (non-hydrogen) atoms. The minimum Gasteiger partial charge on any atom is -0.321 e. The third-order valence-electron chi connectivity index (χ3n) is 4.72. The number of piperazine rings is 1. The summed E-state index contributed by atoms with van der Waals surface area (Å²) in [4.78, 5) is 4.76. The minimum atomic E-state index is -0.114. The van der Waals surface area contributed by atoms with Crippen molar-refractivity contribution in [3.63, 3.8) is 0 Å². The lowest BCUT2D eigenvalue weighted by Crippen LogP contribution is -2.45. The Kier molecular flexibility index (Phi) is 6.39. The second-order valence-corrected chi connectivity index (χ2v) is 6.48. The summed E-state index contributed by atoms with van der Waals surface area (Å²) < 4.78 is 14.4. The van der Waals surface area contributed by atoms with Gasteiger partial charge in [-0.05, 0) is 30.3 Å². The first-order chi connectivity index (χ1) is 12.2. The van der Waals surface area contributed by atoms with E-state index in [-0.39, 0.29) is 5.82 Å². The van der Waals surface area contributed by atoms with E-state index in [4.69, 9.17) is 0 Å². The number of hydrogen-bond acceptors (Lipinski definition) is 4. The highest BCUT2D eigenvalue weighted by molar-refractivity contribution is 5.41. The van der Waals surface area contributed by atoms with Gasteiger partial charge in [0.25, 0.3) is 0 Å². The molecule has 2 aromatic carbocycles. The highest BCUT2D eigenvalue weighted by atomic mass is 19.1. The number of rotatable bonds is 7. The molecule has 5 heteroatoms. The van der Waals surface area contributed by atoms with Crippen LogP contribution in [0.25, 0.3) is 0 Å². The first-order valence-electron chi connectivity index (χ1n) is 9.00. The Bertz CT molecular complexity index is 654. The Morgan fingerprint density at radius 2 is 1.68 bits per heavy atom. The average molecular weight is 342 g/mol. The van der Waals surface area contributed by atoms with E-state index in [1.54, 1.807) is 6.07 Å². The Labute approximate surface area is 149 Å². The molecule has 0 unspecified atom stereocenters. The summed E-state index contributed by atoms with van der Waals surface area (Å²) in [6, 6.07) is 15.4. The number of nitrogens with one attached hydrogen (secondary N) is 2. The van der Waals surface area contributed by atoms with E-state index < -0.39 is 0 Å². The highest BCUT2D eigenvalue weighted by Crippen LogP contribution is 2.14. The quantitative estimate of drug-likeness (QED) is 0.757. The van der Waals surface area contributed by atoms with Gasteiger partial charge in [0.1, 0.15) is 5.82 Å². The van der Waals surface area contributed by atoms with Gasteiger partial charge in [-0.2, -0.15) is 0 Å². The summed E-state index contributed by atoms with van der Waals surface area (Å²) in [5, 5.41) is 0. The van der Waals surface area contributed by atoms with Gasteiger partial charge in [0.2, 0.25) is 0 Å². The fourth-order valence-electron chi connectivity index (χ4n) is 3.10. The van der Waals surface area contributed by atoms with Crippen LogP contribution in [0.4, 0.5) is 10.1 Å². The smallest absolute Gasteiger partial charge is 0.128 e. The summed E-state index contributed by atoms with van der Waals surface area (Å²) in [5.74, 6) is -0.114. The first kappa shape index (κ1) is 17.9. The molecule has 0 aromatic heterocycles. The number of benzene rings is 2. The van der Waals surface area contributed by atoms with Crippen molar-refractivity contribution in [1.82, 2.24) is 15.2 Å². The predicted molar refractivity (Wildman–Crippen MR) is 101 cm³/mol. The van der Waals surface area contributed by atoms with Gasteiger partial charge < -0.3 is 10.3 Å². The average Bonchev–Trinajstić information content (AvgIpc) is 2.65. The molecule has 3 rings (SSSR count). The van der Waals surface area contributed by atoms with Gasteiger partial charge in [-0.25, -0.2) is 9.82 Å². The number of likely N-dealkylation sites (N-methyl/N-ethyl adjacent to an activating group) is 1. The normalized spacial score (nSPS) is 16.1. The maximum atomic E-state index is 14.4. The van der Waals surface area contributed by atoms with E-state index in [1.165, 1.54) is 0 Å². The van der Waals surface area contributed by atoms with Crippen LogP contribution in [0.5, 0.6) is 0 Å². The molecular formula is C20H27FN4. The molecule has 0 amide bonds. The highest BCUT2D eigenvalue weighted by Gasteiger charge is 2.16. The SMILES string of the molecule is CCN1CCN(Cc2ccc(CNNc3ccccc3)cc2F)CC1. The molecular weight excluding hydrogens is 315 g/mol. The van der Waals surface area contributed by atoms with Gasteiger partial charge in [-0.3, -0.25) is 4.90 Å². The lowest BCUT2D eigenvalue weighted by Gasteiger charge is -2.34. The van der Waals surface area contributed by atoms with E-state index >= 15 is 0 Å². The zero-order chi connectivity index (χ0) is 17.5. The van der Waals surface area contributed by atoms with E-state index in [9.17, 15) is 4.39 Å². The lowest BCUT2D eigenvalue weighted by atomic mass is 10.1. The topological polar surface area (TPSA) is 30.5 Å². The van der Waals surface area contributed by atoms with Crippen LogP contribution in [-0.2, 0) is 13.1 Å². The largest absolute Gasteiger partial charge is 0.321 e. The molecule has 0 aliphatic carbocycles. The molecule has 1 saturated heterocycles. The lowest BCUT2D eigenvalue weighted by molar-refractivity contribution is 0.131. The second-order valence-electron chi connectivity index (χ2n) is 6.48. The molecule has 2 N–H and O–H groups in total. The van der Waals surface area contributed by atoms with Gasteiger partial charge in [-0.15, -0.1) is 0 Å². The zero-order valence-corrected chi connectivity index (χ0v) is 14.8. The van der Waals surface area contributed by atoms with Gasteiger partial charge in [0.15, 0.2) is 0 Å². The molecule has 0 bridgehead atoms. The fourth-order valence-corrected chi connectivity index (χ4v) is 3.10. The zero-order valence-electron chi connectivity index (χ0n) is 14.8. The Hall–Kier alpha value is -1.95. The van der Waals surface area contributed by atoms with Gasteiger partial charge in [0.05, 0.1) is 0 Å². The second kappa shape index (κ2) is 8.94. The molecule has 4 nitrogen and oxygen atoms in total. The Morgan fingerprint density at radius 3 is 2.36 bits per heavy atom. The first-order valence-corrected chi connectivity index (χ1v) is 9.00. The fraction of sp³-hybridized carbons (Fsp3) is 0.400. The summed E-state index contributed by atoms with van der Waals surface area (Å²) in [6.07, 6.45) is 0. The molecule has 0 radical (unpaired) electrons. The Balaban J connectivity index is 1.49. The van der Waals surface area contributed by atoms with Crippen LogP contribution >= 0.6 is 0 Å². The molecule has 1 aliphatic heterocycles. The van der Waals surface area contributed by atoms with Crippen LogP contribution in [-0.4, -0.2) is 42.5 Å². The van der Waals surface area contributed by atoms with Gasteiger partial charge in [-0.1, -0.05) is 37.3 Å². The number of para-hydroxylation sites is 1. The van der Waals surface area contributed by atoms with Crippen LogP contribution in [0.1, 0.15) is 18.1 Å². The summed E-state index contributed by atoms with van der Waals surface area (Å²) >= 11 is 0. The van der Waals surface area contributed by atoms with Crippen LogP contribution in [0.15, 0.2) is 48.5 Å². The van der Waals surface area contributed by atoms with Gasteiger partial charge in [0, 0.05) is 50.5 Å². The summed E-state index contributed by atoms with van der Waals surface area (Å²) in [7, 11) is 0. The summed E-state index contributed by atoms with van der Waals surface area (Å²) in [6.45, 7) is 8.72. The van der Waals surface area contributed by atoms with Crippen molar-refractivity contribution in [2.45, 2.75) is 20.0 Å². The molecule has 1 heterocycles. The molecule has 1 aliphatic rings. The third-order valence-corrected chi connectivity index (χ3v) is 4.72. The van der Waals surface area contributed by atoms with Crippen LogP contribution in [0.3, 0.4) is 0 Å². The van der Waals surface area contributed by atoms with E-state index in [0.29, 0.717) is 13.1 Å². The molecule has 0 atom stereocenters. The van der Waals surface area contributed by atoms with E-state index in [0.717, 1.165) is 49.5 Å². The standard InChI is InChI=1S/C20H27FN4/c1-2-24-10-12-25(13-11-24)16-18-9-8-17(14-20(18)21)15-22-23-19-6-4-3-5-7-19/h3-9,14,22-23H,2,10-13,15-16H2,1H3. The van der Waals surface area contributed by atoms with Gasteiger partial charge >= 0.3 is 0 Å². The van der Waals surface area contributed by atoms with Crippen molar-refractivity contribution >= 4 is 5.69 Å². The predicted octanol–water partition coefficient (Wildman–Crippen LogP) is 3.08. The van der Waals surface area contributed by atoms with Crippen molar-refractivity contribution in [3.05, 3.63) is 65.5 Å². The number of hydrogen-bond donors (Lipinski definition) is 2. The number of nitrogens with zero attached hydrogens (tertiary/aromatic N) is 2. The van der Waals surface area contributed by atoms with Crippen molar-refractivity contribution in [2.75, 3.05) is 38.1 Å². The van der Waals surface area contributed by atoms with Crippen molar-refractivity contribution in [2.24, 2.45) is 0 Å². The van der Waals surface area contributed by atoms with Crippen LogP contribution in [0.2, 0.25) is 0 Å². The monoisotopic (exact) mass is 342 g/mol. The minimum absolute atomic E-state index is 0.114. The summed E-state index contributed by atoms with van der Waals surface area (Å²) in [5.41, 5.74) is 8.95. The van der Waals surface area contributed by atoms with Crippen molar-refractivity contribution < 1.29 is 4.39 Å². The Morgan fingerprint density at radius 1 is 0.960 bits per heavy atom. The molecule has 134 valence electrons. The molecule has 2 aromatic rings. The maximum Gasteiger partial charge on any atom is 0.128 e.